The Morgan fingerprint density at radius 1 is 0.903 bits per heavy atom. The van der Waals surface area contributed by atoms with Crippen LogP contribution in [0.15, 0.2) is 78.9 Å². The standard InChI is InChI=1S/C24H21N3O4/c28-23-13-14-24(29)26(23)19-11-12-20(22(16-19)27(30)31)25-21(18-9-5-2-6-10-18)15-17-7-3-1-4-8-17/h1-12,16,21,25H,13-15H2/t21-/m0/s1. The van der Waals surface area contributed by atoms with Crippen molar-refractivity contribution >= 4 is 28.9 Å². The van der Waals surface area contributed by atoms with Gasteiger partial charge in [0.15, 0.2) is 0 Å². The van der Waals surface area contributed by atoms with Gasteiger partial charge in [0.05, 0.1) is 16.7 Å². The Bertz CT molecular complexity index is 1100. The number of nitro benzene ring substituents is 1. The van der Waals surface area contributed by atoms with E-state index in [1.165, 1.54) is 6.07 Å². The third-order valence-electron chi connectivity index (χ3n) is 5.30. The van der Waals surface area contributed by atoms with Crippen LogP contribution in [0.1, 0.15) is 30.0 Å². The summed E-state index contributed by atoms with van der Waals surface area (Å²) in [5, 5.41) is 15.1. The fourth-order valence-corrected chi connectivity index (χ4v) is 3.77. The molecule has 0 unspecified atom stereocenters. The molecule has 1 aliphatic rings. The smallest absolute Gasteiger partial charge is 0.294 e. The van der Waals surface area contributed by atoms with Crippen LogP contribution in [0, 0.1) is 10.1 Å². The fraction of sp³-hybridized carbons (Fsp3) is 0.167. The second kappa shape index (κ2) is 8.79. The molecule has 1 saturated heterocycles. The lowest BCUT2D eigenvalue weighted by molar-refractivity contribution is -0.383. The van der Waals surface area contributed by atoms with Crippen molar-refractivity contribution in [3.8, 4) is 0 Å². The van der Waals surface area contributed by atoms with Gasteiger partial charge in [0.25, 0.3) is 5.69 Å². The lowest BCUT2D eigenvalue weighted by Gasteiger charge is -2.21. The monoisotopic (exact) mass is 415 g/mol. The Kier molecular flexibility index (Phi) is 5.75. The maximum atomic E-state index is 12.0. The highest BCUT2D eigenvalue weighted by molar-refractivity contribution is 6.20. The highest BCUT2D eigenvalue weighted by Crippen LogP contribution is 2.34. The molecule has 3 aromatic rings. The predicted molar refractivity (Wildman–Crippen MR) is 118 cm³/mol. The zero-order valence-corrected chi connectivity index (χ0v) is 16.7. The van der Waals surface area contributed by atoms with E-state index in [4.69, 9.17) is 0 Å². The Labute approximate surface area is 179 Å². The number of carbonyl (C=O) groups excluding carboxylic acids is 2. The maximum Gasteiger partial charge on any atom is 0.294 e. The van der Waals surface area contributed by atoms with Crippen molar-refractivity contribution in [3.63, 3.8) is 0 Å². The summed E-state index contributed by atoms with van der Waals surface area (Å²) in [6.07, 6.45) is 0.881. The van der Waals surface area contributed by atoms with Gasteiger partial charge in [-0.2, -0.15) is 0 Å². The zero-order valence-electron chi connectivity index (χ0n) is 16.7. The molecule has 0 aliphatic carbocycles. The molecular formula is C24H21N3O4. The molecule has 0 radical (unpaired) electrons. The first-order chi connectivity index (χ1) is 15.0. The second-order valence-electron chi connectivity index (χ2n) is 7.38. The van der Waals surface area contributed by atoms with Crippen LogP contribution in [-0.4, -0.2) is 16.7 Å². The molecule has 0 aromatic heterocycles. The fourth-order valence-electron chi connectivity index (χ4n) is 3.77. The molecule has 3 aromatic carbocycles. The van der Waals surface area contributed by atoms with Gasteiger partial charge in [0, 0.05) is 18.9 Å². The molecule has 0 saturated carbocycles. The van der Waals surface area contributed by atoms with Gasteiger partial charge < -0.3 is 5.32 Å². The van der Waals surface area contributed by atoms with E-state index in [2.05, 4.69) is 5.32 Å². The van der Waals surface area contributed by atoms with Crippen LogP contribution in [0.3, 0.4) is 0 Å². The highest BCUT2D eigenvalue weighted by Gasteiger charge is 2.32. The van der Waals surface area contributed by atoms with Crippen LogP contribution >= 0.6 is 0 Å². The van der Waals surface area contributed by atoms with Gasteiger partial charge in [-0.3, -0.25) is 24.6 Å². The van der Waals surface area contributed by atoms with E-state index in [1.807, 2.05) is 60.7 Å². The second-order valence-corrected chi connectivity index (χ2v) is 7.38. The Balaban J connectivity index is 1.68. The lowest BCUT2D eigenvalue weighted by Crippen LogP contribution is -2.28. The number of imide groups is 1. The average Bonchev–Trinajstić information content (AvgIpc) is 3.12. The minimum Gasteiger partial charge on any atom is -0.372 e. The molecule has 156 valence electrons. The van der Waals surface area contributed by atoms with Crippen molar-refractivity contribution in [1.82, 2.24) is 0 Å². The number of nitrogens with zero attached hydrogens (tertiary/aromatic N) is 2. The first-order valence-electron chi connectivity index (χ1n) is 10.0. The molecule has 1 fully saturated rings. The quantitative estimate of drug-likeness (QED) is 0.345. The Hall–Kier alpha value is -4.00. The molecule has 31 heavy (non-hydrogen) atoms. The summed E-state index contributed by atoms with van der Waals surface area (Å²) in [6.45, 7) is 0. The number of anilines is 2. The molecule has 1 N–H and O–H groups in total. The van der Waals surface area contributed by atoms with Crippen LogP contribution in [0.5, 0.6) is 0 Å². The highest BCUT2D eigenvalue weighted by atomic mass is 16.6. The first kappa shape index (κ1) is 20.3. The van der Waals surface area contributed by atoms with E-state index < -0.39 is 4.92 Å². The molecular weight excluding hydrogens is 394 g/mol. The predicted octanol–water partition coefficient (Wildman–Crippen LogP) is 4.64. The van der Waals surface area contributed by atoms with E-state index in [-0.39, 0.29) is 42.1 Å². The van der Waals surface area contributed by atoms with Gasteiger partial charge >= 0.3 is 0 Å². The van der Waals surface area contributed by atoms with Crippen molar-refractivity contribution in [2.45, 2.75) is 25.3 Å². The van der Waals surface area contributed by atoms with Gasteiger partial charge in [-0.1, -0.05) is 60.7 Å². The van der Waals surface area contributed by atoms with E-state index in [0.717, 1.165) is 16.0 Å². The van der Waals surface area contributed by atoms with Gasteiger partial charge in [-0.25, -0.2) is 0 Å². The SMILES string of the molecule is O=C1CCC(=O)N1c1ccc(N[C@@H](Cc2ccccc2)c2ccccc2)c([N+](=O)[O-])c1. The number of nitrogens with one attached hydrogen (secondary N) is 1. The lowest BCUT2D eigenvalue weighted by atomic mass is 9.98. The number of nitro groups is 1. The third kappa shape index (κ3) is 4.45. The van der Waals surface area contributed by atoms with Crippen LogP contribution in [0.2, 0.25) is 0 Å². The van der Waals surface area contributed by atoms with Crippen LogP contribution in [-0.2, 0) is 16.0 Å². The maximum absolute atomic E-state index is 12.0. The van der Waals surface area contributed by atoms with E-state index in [0.29, 0.717) is 12.1 Å². The molecule has 2 amide bonds. The molecule has 1 atom stereocenters. The molecule has 0 spiro atoms. The molecule has 0 bridgehead atoms. The molecule has 1 heterocycles. The largest absolute Gasteiger partial charge is 0.372 e. The van der Waals surface area contributed by atoms with Gasteiger partial charge in [0.2, 0.25) is 11.8 Å². The zero-order chi connectivity index (χ0) is 21.8. The van der Waals surface area contributed by atoms with Gasteiger partial charge in [-0.05, 0) is 29.7 Å². The van der Waals surface area contributed by atoms with Crippen molar-refractivity contribution < 1.29 is 14.5 Å². The summed E-state index contributed by atoms with van der Waals surface area (Å²) in [5.41, 5.74) is 2.46. The van der Waals surface area contributed by atoms with Crippen molar-refractivity contribution in [2.75, 3.05) is 10.2 Å². The normalized spacial score (nSPS) is 14.5. The number of rotatable bonds is 7. The van der Waals surface area contributed by atoms with Gasteiger partial charge in [0.1, 0.15) is 5.69 Å². The Morgan fingerprint density at radius 2 is 1.52 bits per heavy atom. The number of carbonyl (C=O) groups is 2. The van der Waals surface area contributed by atoms with Crippen LogP contribution in [0.4, 0.5) is 17.1 Å². The van der Waals surface area contributed by atoms with Gasteiger partial charge in [-0.15, -0.1) is 0 Å². The molecule has 7 nitrogen and oxygen atoms in total. The van der Waals surface area contributed by atoms with Crippen LogP contribution in [0.25, 0.3) is 0 Å². The summed E-state index contributed by atoms with van der Waals surface area (Å²) in [7, 11) is 0. The summed E-state index contributed by atoms with van der Waals surface area (Å²) in [4.78, 5) is 36.4. The summed E-state index contributed by atoms with van der Waals surface area (Å²) >= 11 is 0. The van der Waals surface area contributed by atoms with Crippen molar-refractivity contribution in [2.24, 2.45) is 0 Å². The Morgan fingerprint density at radius 3 is 2.13 bits per heavy atom. The summed E-state index contributed by atoms with van der Waals surface area (Å²) < 4.78 is 0. The van der Waals surface area contributed by atoms with E-state index in [1.54, 1.807) is 12.1 Å². The minimum absolute atomic E-state index is 0.125. The molecule has 7 heteroatoms. The van der Waals surface area contributed by atoms with E-state index >= 15 is 0 Å². The first-order valence-corrected chi connectivity index (χ1v) is 10.0. The van der Waals surface area contributed by atoms with E-state index in [9.17, 15) is 19.7 Å². The number of amides is 2. The molecule has 1 aliphatic heterocycles. The number of hydrogen-bond donors (Lipinski definition) is 1. The molecule has 4 rings (SSSR count). The topological polar surface area (TPSA) is 92.6 Å². The average molecular weight is 415 g/mol. The number of benzene rings is 3. The van der Waals surface area contributed by atoms with Crippen molar-refractivity contribution in [3.05, 3.63) is 100 Å². The summed E-state index contributed by atoms with van der Waals surface area (Å²) in [6, 6.07) is 23.8. The van der Waals surface area contributed by atoms with Crippen molar-refractivity contribution in [1.29, 1.82) is 0 Å². The minimum atomic E-state index is -0.499. The summed E-state index contributed by atoms with van der Waals surface area (Å²) in [5.74, 6) is -0.683. The number of hydrogen-bond acceptors (Lipinski definition) is 5. The third-order valence-corrected chi connectivity index (χ3v) is 5.30. The van der Waals surface area contributed by atoms with Crippen LogP contribution < -0.4 is 10.2 Å².